The minimum absolute atomic E-state index is 0.0503. The van der Waals surface area contributed by atoms with Gasteiger partial charge < -0.3 is 21.3 Å². The van der Waals surface area contributed by atoms with Gasteiger partial charge in [-0.25, -0.2) is 4.79 Å². The Labute approximate surface area is 183 Å². The lowest BCUT2D eigenvalue weighted by Gasteiger charge is -2.28. The van der Waals surface area contributed by atoms with Crippen LogP contribution in [-0.2, 0) is 9.59 Å². The second kappa shape index (κ2) is 8.09. The quantitative estimate of drug-likeness (QED) is 0.324. The summed E-state index contributed by atoms with van der Waals surface area (Å²) in [5.41, 5.74) is 1.25. The van der Waals surface area contributed by atoms with Gasteiger partial charge in [-0.3, -0.25) is 14.9 Å². The molecule has 0 bridgehead atoms. The number of rotatable bonds is 6. The summed E-state index contributed by atoms with van der Waals surface area (Å²) in [6, 6.07) is -0.0373. The van der Waals surface area contributed by atoms with E-state index >= 15 is 0 Å². The van der Waals surface area contributed by atoms with E-state index in [4.69, 9.17) is 0 Å². The molecule has 2 aliphatic carbocycles. The van der Waals surface area contributed by atoms with Gasteiger partial charge in [0.05, 0.1) is 6.20 Å². The lowest BCUT2D eigenvalue weighted by Crippen LogP contribution is -2.34. The zero-order valence-corrected chi connectivity index (χ0v) is 17.6. The van der Waals surface area contributed by atoms with Gasteiger partial charge in [0, 0.05) is 30.6 Å². The van der Waals surface area contributed by atoms with E-state index in [0.29, 0.717) is 29.1 Å². The van der Waals surface area contributed by atoms with E-state index in [1.54, 1.807) is 23.8 Å². The SMILES string of the molecule is CNC(=O)[C@H]1CC[C@H](Nc2nc(NC3CC3)n3ncc(/C=C4\NC(=O)NC4=O)c3n2)CC1. The standard InChI is InChI=1S/C20H25N9O3/c1-21-16(30)10-2-4-12(5-3-10)23-18-26-15-11(8-14-17(31)27-20(32)25-14)9-22-29(15)19(28-18)24-13-6-7-13/h8-10,12-13H,2-7H2,1H3,(H,21,30)(H2,23,24,26,28)(H2,25,27,31,32)/b14-8-/t10-,12-. The number of nitrogens with zero attached hydrogens (tertiary/aromatic N) is 4. The molecular formula is C20H25N9O3. The summed E-state index contributed by atoms with van der Waals surface area (Å²) in [6.45, 7) is 0. The van der Waals surface area contributed by atoms with Crippen LogP contribution < -0.4 is 26.6 Å². The van der Waals surface area contributed by atoms with Crippen LogP contribution in [0, 0.1) is 5.92 Å². The first-order valence-corrected chi connectivity index (χ1v) is 10.8. The summed E-state index contributed by atoms with van der Waals surface area (Å²) in [6.07, 6.45) is 8.60. The molecule has 12 heteroatoms. The van der Waals surface area contributed by atoms with E-state index in [0.717, 1.165) is 38.5 Å². The Balaban J connectivity index is 1.41. The van der Waals surface area contributed by atoms with Crippen LogP contribution in [0.25, 0.3) is 11.7 Å². The second-order valence-electron chi connectivity index (χ2n) is 8.40. The number of nitrogens with one attached hydrogen (secondary N) is 5. The smallest absolute Gasteiger partial charge is 0.326 e. The molecular weight excluding hydrogens is 414 g/mol. The molecule has 2 aromatic heterocycles. The van der Waals surface area contributed by atoms with Crippen molar-refractivity contribution in [2.45, 2.75) is 50.6 Å². The third-order valence-electron chi connectivity index (χ3n) is 6.00. The van der Waals surface area contributed by atoms with Gasteiger partial charge in [0.25, 0.3) is 5.91 Å². The molecule has 0 radical (unpaired) electrons. The number of hydrogen-bond donors (Lipinski definition) is 5. The van der Waals surface area contributed by atoms with E-state index < -0.39 is 11.9 Å². The van der Waals surface area contributed by atoms with Gasteiger partial charge in [-0.15, -0.1) is 0 Å². The van der Waals surface area contributed by atoms with Crippen LogP contribution in [0.15, 0.2) is 11.9 Å². The van der Waals surface area contributed by atoms with Crippen LogP contribution in [0.4, 0.5) is 16.7 Å². The Bertz CT molecular complexity index is 1110. The molecule has 4 amide bonds. The first kappa shape index (κ1) is 20.2. The summed E-state index contributed by atoms with van der Waals surface area (Å²) in [7, 11) is 1.67. The van der Waals surface area contributed by atoms with Gasteiger partial charge in [-0.2, -0.15) is 19.6 Å². The summed E-state index contributed by atoms with van der Waals surface area (Å²) in [5.74, 6) is 0.685. The van der Waals surface area contributed by atoms with Crippen LogP contribution >= 0.6 is 0 Å². The van der Waals surface area contributed by atoms with Crippen molar-refractivity contribution in [1.82, 2.24) is 35.5 Å². The lowest BCUT2D eigenvalue weighted by atomic mass is 9.85. The fraction of sp³-hybridized carbons (Fsp3) is 0.500. The Hall–Kier alpha value is -3.70. The van der Waals surface area contributed by atoms with Crippen molar-refractivity contribution < 1.29 is 14.4 Å². The van der Waals surface area contributed by atoms with Crippen LogP contribution in [0.3, 0.4) is 0 Å². The normalized spacial score (nSPS) is 24.3. The van der Waals surface area contributed by atoms with E-state index in [9.17, 15) is 14.4 Å². The Morgan fingerprint density at radius 1 is 1.06 bits per heavy atom. The first-order valence-electron chi connectivity index (χ1n) is 10.8. The molecule has 0 atom stereocenters. The van der Waals surface area contributed by atoms with Gasteiger partial charge in [-0.1, -0.05) is 0 Å². The van der Waals surface area contributed by atoms with Gasteiger partial charge in [0.15, 0.2) is 5.65 Å². The van der Waals surface area contributed by atoms with Gasteiger partial charge >= 0.3 is 6.03 Å². The third-order valence-corrected chi connectivity index (χ3v) is 6.00. The molecule has 5 rings (SSSR count). The molecule has 0 aromatic carbocycles. The second-order valence-corrected chi connectivity index (χ2v) is 8.40. The largest absolute Gasteiger partial charge is 0.359 e. The first-order chi connectivity index (χ1) is 15.5. The minimum Gasteiger partial charge on any atom is -0.359 e. The Morgan fingerprint density at radius 2 is 1.78 bits per heavy atom. The van der Waals surface area contributed by atoms with Crippen molar-refractivity contribution in [2.24, 2.45) is 5.92 Å². The number of aromatic nitrogens is 4. The number of carbonyl (C=O) groups is 3. The van der Waals surface area contributed by atoms with Crippen molar-refractivity contribution in [2.75, 3.05) is 17.7 Å². The predicted molar refractivity (Wildman–Crippen MR) is 116 cm³/mol. The highest BCUT2D eigenvalue weighted by Gasteiger charge is 2.28. The highest BCUT2D eigenvalue weighted by molar-refractivity contribution is 6.14. The highest BCUT2D eigenvalue weighted by atomic mass is 16.2. The number of fused-ring (bicyclic) bond motifs is 1. The maximum Gasteiger partial charge on any atom is 0.326 e. The number of amides is 4. The number of anilines is 2. The molecule has 1 saturated heterocycles. The summed E-state index contributed by atoms with van der Waals surface area (Å²) >= 11 is 0. The van der Waals surface area contributed by atoms with E-state index in [2.05, 4.69) is 41.7 Å². The maximum absolute atomic E-state index is 11.9. The summed E-state index contributed by atoms with van der Waals surface area (Å²) in [5, 5.41) is 18.6. The average Bonchev–Trinajstić information content (AvgIpc) is 3.42. The van der Waals surface area contributed by atoms with Crippen molar-refractivity contribution in [3.05, 3.63) is 17.5 Å². The topological polar surface area (TPSA) is 154 Å². The minimum atomic E-state index is -0.557. The number of hydrogen-bond acceptors (Lipinski definition) is 8. The molecule has 32 heavy (non-hydrogen) atoms. The molecule has 3 fully saturated rings. The van der Waals surface area contributed by atoms with Crippen molar-refractivity contribution in [1.29, 1.82) is 0 Å². The maximum atomic E-state index is 11.9. The molecule has 0 unspecified atom stereocenters. The molecule has 3 aliphatic rings. The molecule has 2 saturated carbocycles. The van der Waals surface area contributed by atoms with Gasteiger partial charge in [0.2, 0.25) is 17.8 Å². The molecule has 168 valence electrons. The highest BCUT2D eigenvalue weighted by Crippen LogP contribution is 2.28. The van der Waals surface area contributed by atoms with E-state index in [1.807, 2.05) is 0 Å². The fourth-order valence-corrected chi connectivity index (χ4v) is 4.09. The average molecular weight is 439 g/mol. The Morgan fingerprint density at radius 3 is 2.44 bits per heavy atom. The van der Waals surface area contributed by atoms with E-state index in [1.165, 1.54) is 0 Å². The van der Waals surface area contributed by atoms with Crippen LogP contribution in [0.2, 0.25) is 0 Å². The molecule has 1 aliphatic heterocycles. The molecule has 3 heterocycles. The molecule has 0 spiro atoms. The number of urea groups is 1. The van der Waals surface area contributed by atoms with Crippen LogP contribution in [0.5, 0.6) is 0 Å². The predicted octanol–water partition coefficient (Wildman–Crippen LogP) is 0.596. The number of carbonyl (C=O) groups excluding carboxylic acids is 3. The van der Waals surface area contributed by atoms with Crippen molar-refractivity contribution in [3.8, 4) is 0 Å². The number of imide groups is 1. The van der Waals surface area contributed by atoms with Crippen molar-refractivity contribution >= 4 is 41.5 Å². The fourth-order valence-electron chi connectivity index (χ4n) is 4.09. The lowest BCUT2D eigenvalue weighted by molar-refractivity contribution is -0.125. The van der Waals surface area contributed by atoms with Gasteiger partial charge in [0.1, 0.15) is 5.70 Å². The third kappa shape index (κ3) is 4.07. The van der Waals surface area contributed by atoms with Gasteiger partial charge in [-0.05, 0) is 44.6 Å². The van der Waals surface area contributed by atoms with Crippen LogP contribution in [-0.4, -0.2) is 56.6 Å². The zero-order valence-electron chi connectivity index (χ0n) is 17.6. The molecule has 5 N–H and O–H groups in total. The Kier molecular flexibility index (Phi) is 5.11. The monoisotopic (exact) mass is 439 g/mol. The summed E-state index contributed by atoms with van der Waals surface area (Å²) in [4.78, 5) is 44.5. The van der Waals surface area contributed by atoms with E-state index in [-0.39, 0.29) is 23.6 Å². The molecule has 2 aromatic rings. The summed E-state index contributed by atoms with van der Waals surface area (Å²) < 4.78 is 1.60. The van der Waals surface area contributed by atoms with Crippen LogP contribution in [0.1, 0.15) is 44.1 Å². The van der Waals surface area contributed by atoms with Crippen molar-refractivity contribution in [3.63, 3.8) is 0 Å². The molecule has 12 nitrogen and oxygen atoms in total. The zero-order chi connectivity index (χ0) is 22.2.